The molecule has 0 spiro atoms. The zero-order chi connectivity index (χ0) is 16.7. The molecule has 6 nitrogen and oxygen atoms in total. The maximum absolute atomic E-state index is 13.5. The Kier molecular flexibility index (Phi) is 6.48. The van der Waals surface area contributed by atoms with Crippen molar-refractivity contribution in [3.8, 4) is 0 Å². The second-order valence-corrected chi connectivity index (χ2v) is 6.58. The first kappa shape index (κ1) is 17.4. The minimum atomic E-state index is -0.360. The number of hydrogen-bond acceptors (Lipinski definition) is 7. The fourth-order valence-electron chi connectivity index (χ4n) is 1.63. The second-order valence-electron chi connectivity index (χ2n) is 4.38. The Hall–Kier alpha value is -2.00. The zero-order valence-electron chi connectivity index (χ0n) is 12.2. The van der Waals surface area contributed by atoms with E-state index in [-0.39, 0.29) is 29.9 Å². The van der Waals surface area contributed by atoms with Crippen LogP contribution in [0.1, 0.15) is 12.0 Å². The highest BCUT2D eigenvalue weighted by molar-refractivity contribution is 8.01. The number of thioether (sulfide) groups is 1. The number of carbonyl (C=O) groups is 2. The van der Waals surface area contributed by atoms with E-state index in [0.717, 1.165) is 0 Å². The molecule has 0 bridgehead atoms. The van der Waals surface area contributed by atoms with E-state index in [9.17, 15) is 14.0 Å². The van der Waals surface area contributed by atoms with Gasteiger partial charge < -0.3 is 10.1 Å². The molecule has 1 amide bonds. The lowest BCUT2D eigenvalue weighted by Gasteiger charge is -2.02. The van der Waals surface area contributed by atoms with Crippen molar-refractivity contribution < 1.29 is 18.7 Å². The van der Waals surface area contributed by atoms with Crippen LogP contribution in [0, 0.1) is 5.82 Å². The summed E-state index contributed by atoms with van der Waals surface area (Å²) >= 11 is 2.35. The van der Waals surface area contributed by atoms with Gasteiger partial charge in [-0.05, 0) is 18.1 Å². The van der Waals surface area contributed by atoms with Crippen LogP contribution < -0.4 is 5.32 Å². The molecule has 9 heteroatoms. The van der Waals surface area contributed by atoms with Crippen LogP contribution >= 0.6 is 23.1 Å². The average molecular weight is 355 g/mol. The number of anilines is 1. The number of halogens is 1. The molecule has 0 saturated heterocycles. The molecule has 1 heterocycles. The van der Waals surface area contributed by atoms with Gasteiger partial charge >= 0.3 is 5.97 Å². The molecule has 0 aliphatic carbocycles. The fourth-order valence-corrected chi connectivity index (χ4v) is 3.23. The maximum atomic E-state index is 13.5. The summed E-state index contributed by atoms with van der Waals surface area (Å²) in [6.45, 7) is 0. The first-order chi connectivity index (χ1) is 11.1. The smallest absolute Gasteiger partial charge is 0.316 e. The molecule has 23 heavy (non-hydrogen) atoms. The summed E-state index contributed by atoms with van der Waals surface area (Å²) < 4.78 is 18.5. The van der Waals surface area contributed by atoms with Gasteiger partial charge in [-0.15, -0.1) is 10.2 Å². The molecular formula is C14H14FN3O3S2. The third-order valence-electron chi connectivity index (χ3n) is 2.77. The molecular weight excluding hydrogens is 341 g/mol. The van der Waals surface area contributed by atoms with Crippen LogP contribution in [0.3, 0.4) is 0 Å². The molecule has 1 N–H and O–H groups in total. The normalized spacial score (nSPS) is 10.3. The van der Waals surface area contributed by atoms with Gasteiger partial charge in [0.1, 0.15) is 5.82 Å². The van der Waals surface area contributed by atoms with Crippen LogP contribution in [-0.2, 0) is 20.7 Å². The molecule has 1 aromatic heterocycles. The predicted octanol–water partition coefficient (Wildman–Crippen LogP) is 2.51. The SMILES string of the molecule is COC(=O)CSc1nnc(NC(=O)CCc2ccccc2F)s1. The summed E-state index contributed by atoms with van der Waals surface area (Å²) in [6, 6.07) is 6.34. The van der Waals surface area contributed by atoms with E-state index in [1.54, 1.807) is 18.2 Å². The Morgan fingerprint density at radius 1 is 1.35 bits per heavy atom. The number of rotatable bonds is 7. The quantitative estimate of drug-likeness (QED) is 0.467. The van der Waals surface area contributed by atoms with E-state index < -0.39 is 0 Å². The van der Waals surface area contributed by atoms with Gasteiger partial charge in [-0.3, -0.25) is 9.59 Å². The number of aromatic nitrogens is 2. The minimum Gasteiger partial charge on any atom is -0.468 e. The first-order valence-corrected chi connectivity index (χ1v) is 8.45. The Morgan fingerprint density at radius 3 is 2.87 bits per heavy atom. The van der Waals surface area contributed by atoms with E-state index in [1.807, 2.05) is 0 Å². The van der Waals surface area contributed by atoms with E-state index >= 15 is 0 Å². The summed E-state index contributed by atoms with van der Waals surface area (Å²) in [5, 5.41) is 10.6. The third kappa shape index (κ3) is 5.61. The van der Waals surface area contributed by atoms with Gasteiger partial charge in [-0.25, -0.2) is 4.39 Å². The largest absolute Gasteiger partial charge is 0.468 e. The molecule has 0 aliphatic rings. The van der Waals surface area contributed by atoms with Gasteiger partial charge in [0.25, 0.3) is 0 Å². The molecule has 122 valence electrons. The molecule has 0 saturated carbocycles. The van der Waals surface area contributed by atoms with Crippen LogP contribution in [0.2, 0.25) is 0 Å². The summed E-state index contributed by atoms with van der Waals surface area (Å²) in [6.07, 6.45) is 0.451. The average Bonchev–Trinajstić information content (AvgIpc) is 2.99. The molecule has 0 unspecified atom stereocenters. The van der Waals surface area contributed by atoms with Crippen molar-refractivity contribution in [1.82, 2.24) is 10.2 Å². The van der Waals surface area contributed by atoms with Crippen molar-refractivity contribution in [2.24, 2.45) is 0 Å². The van der Waals surface area contributed by atoms with E-state index in [2.05, 4.69) is 20.3 Å². The summed E-state index contributed by atoms with van der Waals surface area (Å²) in [7, 11) is 1.31. The standard InChI is InChI=1S/C14H14FN3O3S2/c1-21-12(20)8-22-14-18-17-13(23-14)16-11(19)7-6-9-4-2-3-5-10(9)15/h2-5H,6-8H2,1H3,(H,16,17,19). The Morgan fingerprint density at radius 2 is 2.13 bits per heavy atom. The Bertz CT molecular complexity index is 693. The van der Waals surface area contributed by atoms with E-state index in [0.29, 0.717) is 21.5 Å². The minimum absolute atomic E-state index is 0.131. The van der Waals surface area contributed by atoms with Crippen LogP contribution in [0.5, 0.6) is 0 Å². The highest BCUT2D eigenvalue weighted by Crippen LogP contribution is 2.25. The predicted molar refractivity (Wildman–Crippen MR) is 86.0 cm³/mol. The monoisotopic (exact) mass is 355 g/mol. The number of hydrogen-bond donors (Lipinski definition) is 1. The zero-order valence-corrected chi connectivity index (χ0v) is 13.9. The highest BCUT2D eigenvalue weighted by Gasteiger charge is 2.11. The van der Waals surface area contributed by atoms with Gasteiger partial charge in [0.05, 0.1) is 12.9 Å². The number of carbonyl (C=O) groups excluding carboxylic acids is 2. The number of amides is 1. The number of ether oxygens (including phenoxy) is 1. The molecule has 2 rings (SSSR count). The van der Waals surface area contributed by atoms with Gasteiger partial charge in [0, 0.05) is 6.42 Å². The van der Waals surface area contributed by atoms with Crippen molar-refractivity contribution in [3.05, 3.63) is 35.6 Å². The summed E-state index contributed by atoms with van der Waals surface area (Å²) in [4.78, 5) is 22.9. The van der Waals surface area contributed by atoms with Crippen LogP contribution in [0.4, 0.5) is 9.52 Å². The van der Waals surface area contributed by atoms with E-state index in [4.69, 9.17) is 0 Å². The van der Waals surface area contributed by atoms with Gasteiger partial charge in [0.15, 0.2) is 4.34 Å². The maximum Gasteiger partial charge on any atom is 0.316 e. The molecule has 0 atom stereocenters. The highest BCUT2D eigenvalue weighted by atomic mass is 32.2. The number of nitrogens with one attached hydrogen (secondary N) is 1. The Balaban J connectivity index is 1.80. The fraction of sp³-hybridized carbons (Fsp3) is 0.286. The first-order valence-electron chi connectivity index (χ1n) is 6.65. The number of aryl methyl sites for hydroxylation is 1. The number of benzene rings is 1. The van der Waals surface area contributed by atoms with Crippen LogP contribution in [0.25, 0.3) is 0 Å². The molecule has 0 aliphatic heterocycles. The lowest BCUT2D eigenvalue weighted by Crippen LogP contribution is -2.12. The Labute approximate surface area is 140 Å². The lowest BCUT2D eigenvalue weighted by atomic mass is 10.1. The molecule has 2 aromatic rings. The van der Waals surface area contributed by atoms with Gasteiger partial charge in [-0.2, -0.15) is 0 Å². The van der Waals surface area contributed by atoms with Crippen molar-refractivity contribution in [2.45, 2.75) is 17.2 Å². The van der Waals surface area contributed by atoms with Gasteiger partial charge in [-0.1, -0.05) is 41.3 Å². The van der Waals surface area contributed by atoms with Crippen molar-refractivity contribution in [2.75, 3.05) is 18.2 Å². The number of esters is 1. The van der Waals surface area contributed by atoms with Crippen LogP contribution in [0.15, 0.2) is 28.6 Å². The van der Waals surface area contributed by atoms with Crippen molar-refractivity contribution in [3.63, 3.8) is 0 Å². The number of nitrogens with zero attached hydrogens (tertiary/aromatic N) is 2. The number of methoxy groups -OCH3 is 1. The van der Waals surface area contributed by atoms with E-state index in [1.165, 1.54) is 36.3 Å². The third-order valence-corrected chi connectivity index (χ3v) is 4.72. The van der Waals surface area contributed by atoms with Crippen molar-refractivity contribution in [1.29, 1.82) is 0 Å². The topological polar surface area (TPSA) is 81.2 Å². The lowest BCUT2D eigenvalue weighted by molar-refractivity contribution is -0.137. The summed E-state index contributed by atoms with van der Waals surface area (Å²) in [5.41, 5.74) is 0.495. The van der Waals surface area contributed by atoms with Crippen LogP contribution in [-0.4, -0.2) is 34.9 Å². The molecule has 1 aromatic carbocycles. The second kappa shape index (κ2) is 8.59. The molecule has 0 radical (unpaired) electrons. The van der Waals surface area contributed by atoms with Gasteiger partial charge in [0.2, 0.25) is 11.0 Å². The van der Waals surface area contributed by atoms with Crippen molar-refractivity contribution >= 4 is 40.1 Å². The molecule has 0 fully saturated rings. The summed E-state index contributed by atoms with van der Waals surface area (Å²) in [5.74, 6) is -0.820.